The van der Waals surface area contributed by atoms with Crippen molar-refractivity contribution in [3.63, 3.8) is 0 Å². The van der Waals surface area contributed by atoms with Crippen molar-refractivity contribution in [2.45, 2.75) is 11.3 Å². The summed E-state index contributed by atoms with van der Waals surface area (Å²) >= 11 is 1.22. The zero-order valence-electron chi connectivity index (χ0n) is 15.9. The summed E-state index contributed by atoms with van der Waals surface area (Å²) in [6, 6.07) is 24.1. The van der Waals surface area contributed by atoms with Crippen LogP contribution in [0.1, 0.15) is 27.8 Å². The van der Waals surface area contributed by atoms with Crippen LogP contribution in [-0.2, 0) is 0 Å². The Labute approximate surface area is 177 Å². The van der Waals surface area contributed by atoms with E-state index in [1.807, 2.05) is 60.7 Å². The molecule has 0 amide bonds. The number of para-hydroxylation sites is 1. The van der Waals surface area contributed by atoms with Crippen molar-refractivity contribution < 1.29 is 14.3 Å². The average Bonchev–Trinajstić information content (AvgIpc) is 3.22. The minimum atomic E-state index is -0.971. The van der Waals surface area contributed by atoms with Crippen molar-refractivity contribution in [2.75, 3.05) is 5.75 Å². The van der Waals surface area contributed by atoms with Crippen molar-refractivity contribution >= 4 is 17.5 Å². The number of hydrogen-bond acceptors (Lipinski definition) is 5. The molecule has 4 aromatic rings. The fourth-order valence-corrected chi connectivity index (χ4v) is 3.86. The summed E-state index contributed by atoms with van der Waals surface area (Å²) < 4.78 is 14.8. The molecule has 0 aliphatic rings. The minimum absolute atomic E-state index is 0.109. The molecular formula is C23H18FN3O2S. The predicted molar refractivity (Wildman–Crippen MR) is 113 cm³/mol. The SMILES string of the molecule is O=C(CSc1nnc(C(O)c2ccccc2)n1-c1ccccc1)c1ccc(F)cc1. The third-order valence-corrected chi connectivity index (χ3v) is 5.46. The molecule has 0 radical (unpaired) electrons. The van der Waals surface area contributed by atoms with Crippen LogP contribution in [0.2, 0.25) is 0 Å². The molecule has 0 aliphatic heterocycles. The molecule has 4 rings (SSSR count). The van der Waals surface area contributed by atoms with Gasteiger partial charge in [0.15, 0.2) is 16.8 Å². The van der Waals surface area contributed by atoms with Gasteiger partial charge in [-0.3, -0.25) is 9.36 Å². The van der Waals surface area contributed by atoms with Crippen molar-refractivity contribution in [3.05, 3.63) is 108 Å². The standard InChI is InChI=1S/C23H18FN3O2S/c24-18-13-11-16(12-14-18)20(28)15-30-23-26-25-22(21(29)17-7-3-1-4-8-17)27(23)19-9-5-2-6-10-19/h1-14,21,29H,15H2. The van der Waals surface area contributed by atoms with Gasteiger partial charge in [0, 0.05) is 11.3 Å². The number of benzene rings is 3. The number of carbonyl (C=O) groups excluding carboxylic acids is 1. The molecule has 30 heavy (non-hydrogen) atoms. The van der Waals surface area contributed by atoms with Crippen molar-refractivity contribution in [2.24, 2.45) is 0 Å². The molecule has 1 heterocycles. The molecule has 0 saturated carbocycles. The molecule has 3 aromatic carbocycles. The van der Waals surface area contributed by atoms with Gasteiger partial charge in [0.25, 0.3) is 0 Å². The summed E-state index contributed by atoms with van der Waals surface area (Å²) in [4.78, 5) is 12.5. The predicted octanol–water partition coefficient (Wildman–Crippen LogP) is 4.46. The quantitative estimate of drug-likeness (QED) is 0.354. The van der Waals surface area contributed by atoms with Crippen LogP contribution >= 0.6 is 11.8 Å². The summed E-state index contributed by atoms with van der Waals surface area (Å²) in [7, 11) is 0. The van der Waals surface area contributed by atoms with E-state index < -0.39 is 6.10 Å². The molecule has 1 aromatic heterocycles. The second-order valence-corrected chi connectivity index (χ2v) is 7.49. The van der Waals surface area contributed by atoms with E-state index in [1.165, 1.54) is 36.0 Å². The first-order valence-corrected chi connectivity index (χ1v) is 10.3. The Bertz CT molecular complexity index is 1130. The van der Waals surface area contributed by atoms with E-state index in [-0.39, 0.29) is 17.4 Å². The maximum absolute atomic E-state index is 13.1. The van der Waals surface area contributed by atoms with Gasteiger partial charge in [0.1, 0.15) is 11.9 Å². The van der Waals surface area contributed by atoms with Crippen LogP contribution in [0.15, 0.2) is 90.1 Å². The van der Waals surface area contributed by atoms with E-state index in [2.05, 4.69) is 10.2 Å². The maximum atomic E-state index is 13.1. The number of aromatic nitrogens is 3. The highest BCUT2D eigenvalue weighted by molar-refractivity contribution is 7.99. The van der Waals surface area contributed by atoms with E-state index in [9.17, 15) is 14.3 Å². The number of rotatable bonds is 7. The molecule has 150 valence electrons. The lowest BCUT2D eigenvalue weighted by atomic mass is 10.1. The molecule has 0 spiro atoms. The number of thioether (sulfide) groups is 1. The lowest BCUT2D eigenvalue weighted by Gasteiger charge is -2.14. The number of aliphatic hydroxyl groups excluding tert-OH is 1. The fraction of sp³-hybridized carbons (Fsp3) is 0.0870. The molecule has 0 bridgehead atoms. The monoisotopic (exact) mass is 419 g/mol. The average molecular weight is 419 g/mol. The molecule has 0 aliphatic carbocycles. The summed E-state index contributed by atoms with van der Waals surface area (Å²) in [6.45, 7) is 0. The topological polar surface area (TPSA) is 68.0 Å². The lowest BCUT2D eigenvalue weighted by Crippen LogP contribution is -2.10. The molecule has 7 heteroatoms. The third-order valence-electron chi connectivity index (χ3n) is 4.53. The van der Waals surface area contributed by atoms with Crippen LogP contribution < -0.4 is 0 Å². The number of carbonyl (C=O) groups is 1. The summed E-state index contributed by atoms with van der Waals surface area (Å²) in [5, 5.41) is 19.8. The van der Waals surface area contributed by atoms with Crippen molar-refractivity contribution in [1.29, 1.82) is 0 Å². The number of halogens is 1. The zero-order valence-corrected chi connectivity index (χ0v) is 16.7. The van der Waals surface area contributed by atoms with E-state index in [4.69, 9.17) is 0 Å². The van der Waals surface area contributed by atoms with Gasteiger partial charge in [-0.15, -0.1) is 10.2 Å². The van der Waals surface area contributed by atoms with Gasteiger partial charge >= 0.3 is 0 Å². The Kier molecular flexibility index (Phi) is 6.02. The van der Waals surface area contributed by atoms with Crippen LogP contribution in [0.3, 0.4) is 0 Å². The molecule has 1 N–H and O–H groups in total. The highest BCUT2D eigenvalue weighted by Crippen LogP contribution is 2.28. The maximum Gasteiger partial charge on any atom is 0.196 e. The van der Waals surface area contributed by atoms with Gasteiger partial charge in [-0.2, -0.15) is 0 Å². The van der Waals surface area contributed by atoms with Crippen molar-refractivity contribution in [1.82, 2.24) is 14.8 Å². The molecule has 0 saturated heterocycles. The molecular weight excluding hydrogens is 401 g/mol. The number of ketones is 1. The van der Waals surface area contributed by atoms with Gasteiger partial charge in [-0.1, -0.05) is 60.3 Å². The first kappa shape index (κ1) is 20.0. The van der Waals surface area contributed by atoms with Gasteiger partial charge in [-0.25, -0.2) is 4.39 Å². The van der Waals surface area contributed by atoms with Crippen LogP contribution in [-0.4, -0.2) is 31.4 Å². The first-order valence-electron chi connectivity index (χ1n) is 9.29. The van der Waals surface area contributed by atoms with E-state index >= 15 is 0 Å². The second kappa shape index (κ2) is 9.02. The van der Waals surface area contributed by atoms with Gasteiger partial charge in [0.2, 0.25) is 0 Å². The van der Waals surface area contributed by atoms with E-state index in [0.29, 0.717) is 22.1 Å². The highest BCUT2D eigenvalue weighted by atomic mass is 32.2. The van der Waals surface area contributed by atoms with E-state index in [0.717, 1.165) is 5.69 Å². The van der Waals surface area contributed by atoms with Gasteiger partial charge < -0.3 is 5.11 Å². The lowest BCUT2D eigenvalue weighted by molar-refractivity contribution is 0.102. The Morgan fingerprint density at radius 2 is 1.57 bits per heavy atom. The summed E-state index contributed by atoms with van der Waals surface area (Å²) in [5.74, 6) is -0.0580. The molecule has 5 nitrogen and oxygen atoms in total. The Morgan fingerprint density at radius 1 is 0.933 bits per heavy atom. The van der Waals surface area contributed by atoms with Crippen LogP contribution in [0.4, 0.5) is 4.39 Å². The first-order chi connectivity index (χ1) is 14.6. The van der Waals surface area contributed by atoms with Crippen LogP contribution in [0, 0.1) is 5.82 Å². The Morgan fingerprint density at radius 3 is 2.23 bits per heavy atom. The van der Waals surface area contributed by atoms with Gasteiger partial charge in [0.05, 0.1) is 5.75 Å². The number of hydrogen-bond donors (Lipinski definition) is 1. The summed E-state index contributed by atoms with van der Waals surface area (Å²) in [5.41, 5.74) is 1.91. The van der Waals surface area contributed by atoms with E-state index in [1.54, 1.807) is 4.57 Å². The number of nitrogens with zero attached hydrogens (tertiary/aromatic N) is 3. The smallest absolute Gasteiger partial charge is 0.196 e. The zero-order chi connectivity index (χ0) is 20.9. The van der Waals surface area contributed by atoms with Crippen molar-refractivity contribution in [3.8, 4) is 5.69 Å². The largest absolute Gasteiger partial charge is 0.380 e. The second-order valence-electron chi connectivity index (χ2n) is 6.54. The molecule has 1 unspecified atom stereocenters. The molecule has 0 fully saturated rings. The van der Waals surface area contributed by atoms with Crippen LogP contribution in [0.5, 0.6) is 0 Å². The number of Topliss-reactive ketones (excluding diaryl/α,β-unsaturated/α-hetero) is 1. The highest BCUT2D eigenvalue weighted by Gasteiger charge is 2.22. The fourth-order valence-electron chi connectivity index (χ4n) is 3.01. The molecule has 1 atom stereocenters. The third kappa shape index (κ3) is 4.32. The minimum Gasteiger partial charge on any atom is -0.380 e. The normalized spacial score (nSPS) is 11.9. The number of aliphatic hydroxyl groups is 1. The Balaban J connectivity index is 1.64. The van der Waals surface area contributed by atoms with Gasteiger partial charge in [-0.05, 0) is 42.0 Å². The Hall–Kier alpha value is -3.29. The van der Waals surface area contributed by atoms with Crippen LogP contribution in [0.25, 0.3) is 5.69 Å². The summed E-state index contributed by atoms with van der Waals surface area (Å²) in [6.07, 6.45) is -0.971.